The van der Waals surface area contributed by atoms with Gasteiger partial charge in [-0.25, -0.2) is 4.98 Å². The van der Waals surface area contributed by atoms with E-state index in [-0.39, 0.29) is 11.9 Å². The Hall–Kier alpha value is -1.62. The van der Waals surface area contributed by atoms with Crippen LogP contribution in [0.3, 0.4) is 0 Å². The van der Waals surface area contributed by atoms with E-state index in [1.54, 1.807) is 12.3 Å². The number of nitrogens with zero attached hydrogens (tertiary/aromatic N) is 1. The molecule has 1 amide bonds. The van der Waals surface area contributed by atoms with E-state index in [4.69, 9.17) is 9.47 Å². The highest BCUT2D eigenvalue weighted by atomic mass is 16.5. The van der Waals surface area contributed by atoms with Crippen LogP contribution in [-0.2, 0) is 4.74 Å². The molecule has 1 aliphatic heterocycles. The molecule has 0 saturated carbocycles. The molecule has 5 heteroatoms. The summed E-state index contributed by atoms with van der Waals surface area (Å²) in [6.07, 6.45) is 2.53. The van der Waals surface area contributed by atoms with Gasteiger partial charge >= 0.3 is 0 Å². The molecule has 1 aromatic rings. The summed E-state index contributed by atoms with van der Waals surface area (Å²) in [6.45, 7) is 3.17. The fraction of sp³-hybridized carbons (Fsp3) is 0.500. The minimum atomic E-state index is -0.159. The number of aryl methyl sites for hydroxylation is 1. The molecule has 17 heavy (non-hydrogen) atoms. The summed E-state index contributed by atoms with van der Waals surface area (Å²) >= 11 is 0. The molecular formula is C12H16N2O3. The van der Waals surface area contributed by atoms with Crippen molar-refractivity contribution in [2.75, 3.05) is 20.3 Å². The van der Waals surface area contributed by atoms with E-state index < -0.39 is 0 Å². The average Bonchev–Trinajstić information content (AvgIpc) is 2.81. The van der Waals surface area contributed by atoms with E-state index in [9.17, 15) is 4.79 Å². The van der Waals surface area contributed by atoms with Crippen molar-refractivity contribution in [3.05, 3.63) is 23.4 Å². The fourth-order valence-corrected chi connectivity index (χ4v) is 1.79. The molecule has 1 aliphatic rings. The average molecular weight is 236 g/mol. The van der Waals surface area contributed by atoms with Crippen molar-refractivity contribution in [3.63, 3.8) is 0 Å². The van der Waals surface area contributed by atoms with Crippen LogP contribution in [0, 0.1) is 6.92 Å². The van der Waals surface area contributed by atoms with Gasteiger partial charge in [-0.1, -0.05) is 0 Å². The lowest BCUT2D eigenvalue weighted by atomic mass is 10.1. The molecule has 0 radical (unpaired) electrons. The lowest BCUT2D eigenvalue weighted by molar-refractivity contribution is 0.0926. The van der Waals surface area contributed by atoms with Gasteiger partial charge in [0, 0.05) is 12.8 Å². The first-order valence-corrected chi connectivity index (χ1v) is 5.60. The van der Waals surface area contributed by atoms with E-state index in [2.05, 4.69) is 10.3 Å². The molecule has 2 rings (SSSR count). The van der Waals surface area contributed by atoms with Crippen LogP contribution in [0.2, 0.25) is 0 Å². The largest absolute Gasteiger partial charge is 0.480 e. The molecule has 1 atom stereocenters. The Kier molecular flexibility index (Phi) is 3.58. The zero-order valence-corrected chi connectivity index (χ0v) is 10.0. The number of nitrogens with one attached hydrogen (secondary N) is 1. The van der Waals surface area contributed by atoms with Gasteiger partial charge in [-0.3, -0.25) is 4.79 Å². The zero-order valence-electron chi connectivity index (χ0n) is 10.0. The van der Waals surface area contributed by atoms with Crippen molar-refractivity contribution in [1.82, 2.24) is 10.3 Å². The lowest BCUT2D eigenvalue weighted by Gasteiger charge is -2.12. The Morgan fingerprint density at radius 3 is 3.12 bits per heavy atom. The number of amides is 1. The molecule has 92 valence electrons. The Bertz CT molecular complexity index is 414. The molecule has 0 bridgehead atoms. The van der Waals surface area contributed by atoms with Crippen LogP contribution in [0.4, 0.5) is 0 Å². The summed E-state index contributed by atoms with van der Waals surface area (Å²) in [5.41, 5.74) is 1.40. The zero-order chi connectivity index (χ0) is 12.3. The Balaban J connectivity index is 2.14. The Morgan fingerprint density at radius 1 is 1.65 bits per heavy atom. The summed E-state index contributed by atoms with van der Waals surface area (Å²) in [5.74, 6) is 0.195. The number of methoxy groups -OCH3 is 1. The van der Waals surface area contributed by atoms with Crippen molar-refractivity contribution in [1.29, 1.82) is 0 Å². The van der Waals surface area contributed by atoms with Gasteiger partial charge in [0.05, 0.1) is 19.8 Å². The smallest absolute Gasteiger partial charge is 0.257 e. The summed E-state index contributed by atoms with van der Waals surface area (Å²) < 4.78 is 10.3. The number of aromatic nitrogens is 1. The molecule has 1 unspecified atom stereocenters. The van der Waals surface area contributed by atoms with Crippen LogP contribution in [0.5, 0.6) is 5.88 Å². The van der Waals surface area contributed by atoms with Gasteiger partial charge in [-0.2, -0.15) is 0 Å². The van der Waals surface area contributed by atoms with Gasteiger partial charge in [0.1, 0.15) is 5.56 Å². The Labute approximate surface area is 100 Å². The molecule has 5 nitrogen and oxygen atoms in total. The van der Waals surface area contributed by atoms with E-state index in [0.717, 1.165) is 12.0 Å². The monoisotopic (exact) mass is 236 g/mol. The first-order valence-electron chi connectivity index (χ1n) is 5.60. The quantitative estimate of drug-likeness (QED) is 0.847. The number of rotatable bonds is 3. The maximum atomic E-state index is 12.0. The Morgan fingerprint density at radius 2 is 2.47 bits per heavy atom. The van der Waals surface area contributed by atoms with Gasteiger partial charge < -0.3 is 14.8 Å². The predicted molar refractivity (Wildman–Crippen MR) is 62.2 cm³/mol. The molecule has 0 spiro atoms. The van der Waals surface area contributed by atoms with E-state index in [1.165, 1.54) is 7.11 Å². The molecule has 1 fully saturated rings. The van der Waals surface area contributed by atoms with Crippen LogP contribution in [-0.4, -0.2) is 37.3 Å². The first-order chi connectivity index (χ1) is 8.20. The second-order valence-corrected chi connectivity index (χ2v) is 4.10. The number of hydrogen-bond acceptors (Lipinski definition) is 4. The molecule has 1 aromatic heterocycles. The SMILES string of the molecule is COc1ncc(C)cc1C(=O)NC1CCOC1. The van der Waals surface area contributed by atoms with Crippen molar-refractivity contribution in [2.45, 2.75) is 19.4 Å². The molecular weight excluding hydrogens is 220 g/mol. The topological polar surface area (TPSA) is 60.5 Å². The first kappa shape index (κ1) is 11.9. The minimum absolute atomic E-state index is 0.0905. The maximum absolute atomic E-state index is 12.0. The maximum Gasteiger partial charge on any atom is 0.257 e. The van der Waals surface area contributed by atoms with Crippen LogP contribution < -0.4 is 10.1 Å². The lowest BCUT2D eigenvalue weighted by Crippen LogP contribution is -2.35. The van der Waals surface area contributed by atoms with Gasteiger partial charge in [-0.05, 0) is 25.0 Å². The van der Waals surface area contributed by atoms with Gasteiger partial charge in [-0.15, -0.1) is 0 Å². The van der Waals surface area contributed by atoms with Gasteiger partial charge in [0.2, 0.25) is 5.88 Å². The van der Waals surface area contributed by atoms with E-state index >= 15 is 0 Å². The number of carbonyl (C=O) groups is 1. The number of hydrogen-bond donors (Lipinski definition) is 1. The summed E-state index contributed by atoms with van der Waals surface area (Å²) in [7, 11) is 1.51. The van der Waals surface area contributed by atoms with Crippen LogP contribution in [0.15, 0.2) is 12.3 Å². The van der Waals surface area contributed by atoms with Crippen LogP contribution >= 0.6 is 0 Å². The van der Waals surface area contributed by atoms with Crippen molar-refractivity contribution < 1.29 is 14.3 Å². The van der Waals surface area contributed by atoms with Crippen molar-refractivity contribution >= 4 is 5.91 Å². The molecule has 0 aliphatic carbocycles. The summed E-state index contributed by atoms with van der Waals surface area (Å²) in [4.78, 5) is 16.1. The van der Waals surface area contributed by atoms with Gasteiger partial charge in [0.15, 0.2) is 0 Å². The molecule has 0 aromatic carbocycles. The third-order valence-corrected chi connectivity index (χ3v) is 2.69. The summed E-state index contributed by atoms with van der Waals surface area (Å²) in [5, 5.41) is 2.91. The third kappa shape index (κ3) is 2.74. The fourth-order valence-electron chi connectivity index (χ4n) is 1.79. The van der Waals surface area contributed by atoms with Crippen LogP contribution in [0.25, 0.3) is 0 Å². The van der Waals surface area contributed by atoms with E-state index in [1.807, 2.05) is 6.92 Å². The minimum Gasteiger partial charge on any atom is -0.480 e. The summed E-state index contributed by atoms with van der Waals surface area (Å²) in [6, 6.07) is 1.87. The van der Waals surface area contributed by atoms with Crippen LogP contribution in [0.1, 0.15) is 22.3 Å². The number of carbonyl (C=O) groups excluding carboxylic acids is 1. The normalized spacial score (nSPS) is 19.1. The number of pyridine rings is 1. The molecule has 1 saturated heterocycles. The molecule has 2 heterocycles. The standard InChI is InChI=1S/C12H16N2O3/c1-8-5-10(12(16-2)13-6-8)11(15)14-9-3-4-17-7-9/h5-6,9H,3-4,7H2,1-2H3,(H,14,15). The van der Waals surface area contributed by atoms with E-state index in [0.29, 0.717) is 24.7 Å². The third-order valence-electron chi connectivity index (χ3n) is 2.69. The number of ether oxygens (including phenoxy) is 2. The highest BCUT2D eigenvalue weighted by molar-refractivity contribution is 5.96. The predicted octanol–water partition coefficient (Wildman–Crippen LogP) is 0.917. The highest BCUT2D eigenvalue weighted by Crippen LogP contribution is 2.16. The van der Waals surface area contributed by atoms with Crippen molar-refractivity contribution in [3.8, 4) is 5.88 Å². The molecule has 1 N–H and O–H groups in total. The highest BCUT2D eigenvalue weighted by Gasteiger charge is 2.21. The second kappa shape index (κ2) is 5.14. The van der Waals surface area contributed by atoms with Crippen molar-refractivity contribution in [2.24, 2.45) is 0 Å². The van der Waals surface area contributed by atoms with Gasteiger partial charge in [0.25, 0.3) is 5.91 Å². The second-order valence-electron chi connectivity index (χ2n) is 4.10.